The van der Waals surface area contributed by atoms with E-state index in [9.17, 15) is 14.4 Å². The average Bonchev–Trinajstić information content (AvgIpc) is 2.39. The van der Waals surface area contributed by atoms with Gasteiger partial charge in [0.15, 0.2) is 0 Å². The zero-order chi connectivity index (χ0) is 15.3. The lowest BCUT2D eigenvalue weighted by Gasteiger charge is -2.22. The van der Waals surface area contributed by atoms with Crippen molar-refractivity contribution in [3.63, 3.8) is 0 Å². The molecule has 0 fully saturated rings. The highest BCUT2D eigenvalue weighted by atomic mass is 35.5. The Labute approximate surface area is 120 Å². The number of carbonyl (C=O) groups excluding carboxylic acids is 1. The van der Waals surface area contributed by atoms with Crippen LogP contribution in [-0.4, -0.2) is 34.6 Å². The molecule has 0 aliphatic carbocycles. The zero-order valence-electron chi connectivity index (χ0n) is 10.8. The fourth-order valence-electron chi connectivity index (χ4n) is 1.64. The predicted molar refractivity (Wildman–Crippen MR) is 73.3 cm³/mol. The molecular weight excluding hydrogens is 286 g/mol. The van der Waals surface area contributed by atoms with Crippen LogP contribution in [0.2, 0.25) is 5.02 Å². The first-order valence-electron chi connectivity index (χ1n) is 5.91. The molecule has 0 aliphatic heterocycles. The molecule has 1 aromatic carbocycles. The SMILES string of the molecule is CCC(=O)N(CCC(=O)O)c1ccc(Cl)c(C(=O)O)c1. The summed E-state index contributed by atoms with van der Waals surface area (Å²) in [5.41, 5.74) is 0.188. The van der Waals surface area contributed by atoms with Crippen LogP contribution in [0.3, 0.4) is 0 Å². The van der Waals surface area contributed by atoms with Crippen molar-refractivity contribution in [2.45, 2.75) is 19.8 Å². The van der Waals surface area contributed by atoms with Crippen LogP contribution in [0.1, 0.15) is 30.1 Å². The number of carbonyl (C=O) groups is 3. The smallest absolute Gasteiger partial charge is 0.337 e. The Balaban J connectivity index is 3.13. The molecule has 0 saturated carbocycles. The van der Waals surface area contributed by atoms with E-state index >= 15 is 0 Å². The van der Waals surface area contributed by atoms with Crippen molar-refractivity contribution >= 4 is 35.1 Å². The number of aromatic carboxylic acids is 1. The number of benzene rings is 1. The van der Waals surface area contributed by atoms with Gasteiger partial charge in [-0.3, -0.25) is 9.59 Å². The summed E-state index contributed by atoms with van der Waals surface area (Å²) in [6.07, 6.45) is -0.0403. The van der Waals surface area contributed by atoms with Gasteiger partial charge in [0.25, 0.3) is 0 Å². The van der Waals surface area contributed by atoms with Crippen molar-refractivity contribution in [3.05, 3.63) is 28.8 Å². The maximum absolute atomic E-state index is 11.8. The molecule has 108 valence electrons. The summed E-state index contributed by atoms with van der Waals surface area (Å²) in [6, 6.07) is 4.13. The van der Waals surface area contributed by atoms with Gasteiger partial charge in [0.1, 0.15) is 0 Å². The monoisotopic (exact) mass is 299 g/mol. The molecule has 6 nitrogen and oxygen atoms in total. The second kappa shape index (κ2) is 6.91. The number of aliphatic carboxylic acids is 1. The number of halogens is 1. The van der Waals surface area contributed by atoms with E-state index in [2.05, 4.69) is 0 Å². The van der Waals surface area contributed by atoms with Crippen LogP contribution >= 0.6 is 11.6 Å². The molecule has 1 aromatic rings. The van der Waals surface area contributed by atoms with Gasteiger partial charge in [-0.25, -0.2) is 4.79 Å². The summed E-state index contributed by atoms with van der Waals surface area (Å²) < 4.78 is 0. The summed E-state index contributed by atoms with van der Waals surface area (Å²) in [5, 5.41) is 17.8. The summed E-state index contributed by atoms with van der Waals surface area (Å²) in [4.78, 5) is 34.7. The molecular formula is C13H14ClNO5. The molecule has 0 aromatic heterocycles. The lowest BCUT2D eigenvalue weighted by molar-refractivity contribution is -0.136. The normalized spacial score (nSPS) is 10.1. The fraction of sp³-hybridized carbons (Fsp3) is 0.308. The van der Waals surface area contributed by atoms with Crippen LogP contribution in [0.25, 0.3) is 0 Å². The minimum atomic E-state index is -1.21. The number of rotatable bonds is 6. The van der Waals surface area contributed by atoms with Crippen molar-refractivity contribution < 1.29 is 24.6 Å². The zero-order valence-corrected chi connectivity index (χ0v) is 11.6. The first-order valence-corrected chi connectivity index (χ1v) is 6.29. The van der Waals surface area contributed by atoms with Crippen LogP contribution in [0, 0.1) is 0 Å². The Hall–Kier alpha value is -2.08. The molecule has 0 spiro atoms. The number of amides is 1. The maximum Gasteiger partial charge on any atom is 0.337 e. The van der Waals surface area contributed by atoms with Crippen LogP contribution in [0.5, 0.6) is 0 Å². The van der Waals surface area contributed by atoms with E-state index in [-0.39, 0.29) is 35.9 Å². The van der Waals surface area contributed by atoms with Gasteiger partial charge in [-0.05, 0) is 18.2 Å². The van der Waals surface area contributed by atoms with Gasteiger partial charge < -0.3 is 15.1 Å². The van der Waals surface area contributed by atoms with E-state index in [1.165, 1.54) is 23.1 Å². The van der Waals surface area contributed by atoms with Gasteiger partial charge in [0, 0.05) is 18.7 Å². The van der Waals surface area contributed by atoms with Crippen LogP contribution in [-0.2, 0) is 9.59 Å². The second-order valence-electron chi connectivity index (χ2n) is 4.01. The van der Waals surface area contributed by atoms with E-state index in [4.69, 9.17) is 21.8 Å². The number of carboxylic acids is 2. The molecule has 0 saturated heterocycles. The predicted octanol–water partition coefficient (Wildman–Crippen LogP) is 2.26. The Bertz CT molecular complexity index is 544. The molecule has 7 heteroatoms. The maximum atomic E-state index is 11.8. The van der Waals surface area contributed by atoms with Gasteiger partial charge in [0.05, 0.1) is 17.0 Å². The van der Waals surface area contributed by atoms with Gasteiger partial charge in [-0.2, -0.15) is 0 Å². The molecule has 2 N–H and O–H groups in total. The van der Waals surface area contributed by atoms with Crippen molar-refractivity contribution in [3.8, 4) is 0 Å². The van der Waals surface area contributed by atoms with E-state index in [0.29, 0.717) is 5.69 Å². The molecule has 1 rings (SSSR count). The van der Waals surface area contributed by atoms with E-state index in [1.54, 1.807) is 6.92 Å². The lowest BCUT2D eigenvalue weighted by Crippen LogP contribution is -2.32. The number of hydrogen-bond donors (Lipinski definition) is 2. The largest absolute Gasteiger partial charge is 0.481 e. The standard InChI is InChI=1S/C13H14ClNO5/c1-2-11(16)15(6-5-12(17)18)8-3-4-10(14)9(7-8)13(19)20/h3-4,7H,2,5-6H2,1H3,(H,17,18)(H,19,20). The topological polar surface area (TPSA) is 94.9 Å². The van der Waals surface area contributed by atoms with Crippen LogP contribution in [0.4, 0.5) is 5.69 Å². The van der Waals surface area contributed by atoms with Crippen molar-refractivity contribution in [1.82, 2.24) is 0 Å². The second-order valence-corrected chi connectivity index (χ2v) is 4.42. The van der Waals surface area contributed by atoms with Crippen molar-refractivity contribution in [1.29, 1.82) is 0 Å². The number of nitrogens with zero attached hydrogens (tertiary/aromatic N) is 1. The molecule has 0 radical (unpaired) electrons. The van der Waals surface area contributed by atoms with E-state index in [0.717, 1.165) is 0 Å². The molecule has 0 atom stereocenters. The minimum absolute atomic E-state index is 0.0251. The first kappa shape index (κ1) is 16.0. The number of hydrogen-bond acceptors (Lipinski definition) is 3. The highest BCUT2D eigenvalue weighted by Gasteiger charge is 2.18. The third-order valence-electron chi connectivity index (χ3n) is 2.64. The highest BCUT2D eigenvalue weighted by Crippen LogP contribution is 2.24. The van der Waals surface area contributed by atoms with Gasteiger partial charge >= 0.3 is 11.9 Å². The van der Waals surface area contributed by atoms with E-state index in [1.807, 2.05) is 0 Å². The third kappa shape index (κ3) is 3.96. The minimum Gasteiger partial charge on any atom is -0.481 e. The highest BCUT2D eigenvalue weighted by molar-refractivity contribution is 6.33. The Kier molecular flexibility index (Phi) is 5.52. The molecule has 0 unspecified atom stereocenters. The summed E-state index contributed by atoms with van der Waals surface area (Å²) >= 11 is 5.76. The van der Waals surface area contributed by atoms with Gasteiger partial charge in [-0.1, -0.05) is 18.5 Å². The average molecular weight is 300 g/mol. The molecule has 20 heavy (non-hydrogen) atoms. The third-order valence-corrected chi connectivity index (χ3v) is 2.97. The van der Waals surface area contributed by atoms with Gasteiger partial charge in [0.2, 0.25) is 5.91 Å². The Morgan fingerprint density at radius 1 is 1.25 bits per heavy atom. The summed E-state index contributed by atoms with van der Waals surface area (Å²) in [5.74, 6) is -2.53. The van der Waals surface area contributed by atoms with Crippen LogP contribution < -0.4 is 4.90 Å². The Morgan fingerprint density at radius 3 is 2.40 bits per heavy atom. The molecule has 1 amide bonds. The quantitative estimate of drug-likeness (QED) is 0.840. The van der Waals surface area contributed by atoms with E-state index < -0.39 is 11.9 Å². The molecule has 0 bridgehead atoms. The Morgan fingerprint density at radius 2 is 1.90 bits per heavy atom. The lowest BCUT2D eigenvalue weighted by atomic mass is 10.1. The number of carboxylic acid groups (broad SMARTS) is 2. The fourth-order valence-corrected chi connectivity index (χ4v) is 1.84. The molecule has 0 heterocycles. The first-order chi connectivity index (χ1) is 9.36. The summed E-state index contributed by atoms with van der Waals surface area (Å²) in [6.45, 7) is 1.62. The van der Waals surface area contributed by atoms with Crippen molar-refractivity contribution in [2.24, 2.45) is 0 Å². The van der Waals surface area contributed by atoms with Crippen molar-refractivity contribution in [2.75, 3.05) is 11.4 Å². The van der Waals surface area contributed by atoms with Gasteiger partial charge in [-0.15, -0.1) is 0 Å². The molecule has 0 aliphatic rings. The van der Waals surface area contributed by atoms with Crippen LogP contribution in [0.15, 0.2) is 18.2 Å². The number of anilines is 1. The summed E-state index contributed by atoms with van der Waals surface area (Å²) in [7, 11) is 0.